The Labute approximate surface area is 233 Å². The van der Waals surface area contributed by atoms with Gasteiger partial charge in [-0.2, -0.15) is 9.82 Å². The fourth-order valence-electron chi connectivity index (χ4n) is 4.83. The summed E-state index contributed by atoms with van der Waals surface area (Å²) in [5.74, 6) is -1.92. The number of aliphatic imine (C=N–C) groups is 1. The SMILES string of the molecule is Cc1cc(C)c(S(=O)(=O)NC(CNC(=O)c2ccc3c(cnn3CCCNC3N=CCCN3)c2)C(=O)O)c(C)c1. The number of carboxylic acid groups (broad SMARTS) is 1. The second kappa shape index (κ2) is 12.7. The third kappa shape index (κ3) is 7.10. The van der Waals surface area contributed by atoms with Gasteiger partial charge < -0.3 is 10.4 Å². The van der Waals surface area contributed by atoms with Crippen molar-refractivity contribution in [2.24, 2.45) is 4.99 Å². The zero-order valence-electron chi connectivity index (χ0n) is 22.8. The van der Waals surface area contributed by atoms with Gasteiger partial charge in [-0.05, 0) is 62.9 Å². The lowest BCUT2D eigenvalue weighted by Crippen LogP contribution is -2.48. The summed E-state index contributed by atoms with van der Waals surface area (Å²) in [5, 5.41) is 24.0. The molecule has 4 rings (SSSR count). The lowest BCUT2D eigenvalue weighted by Gasteiger charge is -2.19. The fraction of sp³-hybridized carbons (Fsp3) is 0.407. The number of nitrogens with zero attached hydrogens (tertiary/aromatic N) is 3. The molecule has 1 aliphatic rings. The maximum Gasteiger partial charge on any atom is 0.323 e. The number of carbonyl (C=O) groups excluding carboxylic acids is 1. The summed E-state index contributed by atoms with van der Waals surface area (Å²) in [4.78, 5) is 29.1. The number of rotatable bonds is 12. The first kappa shape index (κ1) is 29.3. The molecule has 0 radical (unpaired) electrons. The molecule has 5 N–H and O–H groups in total. The van der Waals surface area contributed by atoms with E-state index in [-0.39, 0.29) is 11.2 Å². The van der Waals surface area contributed by atoms with Gasteiger partial charge in [-0.3, -0.25) is 29.9 Å². The molecule has 40 heavy (non-hydrogen) atoms. The first-order valence-corrected chi connectivity index (χ1v) is 14.6. The summed E-state index contributed by atoms with van der Waals surface area (Å²) in [6.45, 7) is 7.08. The van der Waals surface area contributed by atoms with Gasteiger partial charge in [-0.25, -0.2) is 8.42 Å². The van der Waals surface area contributed by atoms with Crippen molar-refractivity contribution in [2.45, 2.75) is 57.4 Å². The molecule has 0 spiro atoms. The molecule has 2 heterocycles. The van der Waals surface area contributed by atoms with Crippen molar-refractivity contribution >= 4 is 39.0 Å². The summed E-state index contributed by atoms with van der Waals surface area (Å²) < 4.78 is 30.1. The number of benzene rings is 2. The molecule has 0 saturated heterocycles. The zero-order chi connectivity index (χ0) is 28.9. The van der Waals surface area contributed by atoms with Crippen LogP contribution in [0.25, 0.3) is 10.9 Å². The highest BCUT2D eigenvalue weighted by atomic mass is 32.2. The van der Waals surface area contributed by atoms with Gasteiger partial charge >= 0.3 is 5.97 Å². The van der Waals surface area contributed by atoms with E-state index < -0.39 is 34.5 Å². The predicted octanol–water partition coefficient (Wildman–Crippen LogP) is 1.45. The molecule has 0 aliphatic carbocycles. The fourth-order valence-corrected chi connectivity index (χ4v) is 6.47. The van der Waals surface area contributed by atoms with Gasteiger partial charge in [-0.1, -0.05) is 17.7 Å². The Bertz CT molecular complexity index is 1510. The van der Waals surface area contributed by atoms with Crippen molar-refractivity contribution in [2.75, 3.05) is 19.6 Å². The predicted molar refractivity (Wildman–Crippen MR) is 152 cm³/mol. The number of fused-ring (bicyclic) bond motifs is 1. The van der Waals surface area contributed by atoms with E-state index >= 15 is 0 Å². The number of carboxylic acids is 1. The first-order valence-electron chi connectivity index (χ1n) is 13.1. The Morgan fingerprint density at radius 3 is 2.60 bits per heavy atom. The highest BCUT2D eigenvalue weighted by Crippen LogP contribution is 2.22. The van der Waals surface area contributed by atoms with E-state index in [0.717, 1.165) is 42.4 Å². The summed E-state index contributed by atoms with van der Waals surface area (Å²) >= 11 is 0. The quantitative estimate of drug-likeness (QED) is 0.204. The molecule has 0 fully saturated rings. The van der Waals surface area contributed by atoms with E-state index in [1.165, 1.54) is 0 Å². The van der Waals surface area contributed by atoms with E-state index in [2.05, 4.69) is 30.8 Å². The van der Waals surface area contributed by atoms with E-state index in [1.54, 1.807) is 50.4 Å². The largest absolute Gasteiger partial charge is 0.480 e. The molecule has 1 aliphatic heterocycles. The highest BCUT2D eigenvalue weighted by molar-refractivity contribution is 7.89. The summed E-state index contributed by atoms with van der Waals surface area (Å²) in [7, 11) is -4.15. The Hall–Kier alpha value is -3.65. The van der Waals surface area contributed by atoms with Crippen LogP contribution in [-0.4, -0.2) is 73.4 Å². The third-order valence-corrected chi connectivity index (χ3v) is 8.37. The Morgan fingerprint density at radius 1 is 1.18 bits per heavy atom. The monoisotopic (exact) mass is 569 g/mol. The number of hydrogen-bond acceptors (Lipinski definition) is 8. The van der Waals surface area contributed by atoms with Gasteiger partial charge in [0.15, 0.2) is 6.29 Å². The van der Waals surface area contributed by atoms with Crippen LogP contribution in [0.3, 0.4) is 0 Å². The molecule has 2 unspecified atom stereocenters. The van der Waals surface area contributed by atoms with E-state index in [9.17, 15) is 23.1 Å². The van der Waals surface area contributed by atoms with Crippen molar-refractivity contribution in [1.82, 2.24) is 30.5 Å². The van der Waals surface area contributed by atoms with Crippen LogP contribution in [0, 0.1) is 20.8 Å². The number of aryl methyl sites for hydroxylation is 4. The van der Waals surface area contributed by atoms with Crippen molar-refractivity contribution < 1.29 is 23.1 Å². The average Bonchev–Trinajstić information content (AvgIpc) is 3.30. The van der Waals surface area contributed by atoms with E-state index in [1.807, 2.05) is 17.8 Å². The van der Waals surface area contributed by atoms with Crippen molar-refractivity contribution in [3.63, 3.8) is 0 Å². The Balaban J connectivity index is 1.36. The normalized spacial score (nSPS) is 16.2. The average molecular weight is 570 g/mol. The topological polar surface area (TPSA) is 167 Å². The summed E-state index contributed by atoms with van der Waals surface area (Å²) in [6.07, 6.45) is 5.30. The molecule has 1 amide bonds. The highest BCUT2D eigenvalue weighted by Gasteiger charge is 2.28. The van der Waals surface area contributed by atoms with Crippen molar-refractivity contribution in [3.8, 4) is 0 Å². The number of hydrogen-bond donors (Lipinski definition) is 5. The van der Waals surface area contributed by atoms with Gasteiger partial charge in [0.2, 0.25) is 10.0 Å². The minimum Gasteiger partial charge on any atom is -0.480 e. The number of amides is 1. The van der Waals surface area contributed by atoms with E-state index in [0.29, 0.717) is 23.2 Å². The number of aliphatic carboxylic acids is 1. The first-order chi connectivity index (χ1) is 19.0. The smallest absolute Gasteiger partial charge is 0.323 e. The molecule has 12 nitrogen and oxygen atoms in total. The van der Waals surface area contributed by atoms with Gasteiger partial charge in [0.25, 0.3) is 5.91 Å². The lowest BCUT2D eigenvalue weighted by atomic mass is 10.1. The second-order valence-electron chi connectivity index (χ2n) is 9.88. The maximum atomic E-state index is 13.0. The molecular formula is C27H35N7O5S. The molecule has 3 aromatic rings. The molecule has 214 valence electrons. The number of carbonyl (C=O) groups is 2. The number of aromatic nitrogens is 2. The van der Waals surface area contributed by atoms with Gasteiger partial charge in [0.1, 0.15) is 6.04 Å². The van der Waals surface area contributed by atoms with Crippen LogP contribution in [0.1, 0.15) is 39.9 Å². The Kier molecular flexibility index (Phi) is 9.30. The molecule has 0 saturated carbocycles. The maximum absolute atomic E-state index is 13.0. The third-order valence-electron chi connectivity index (χ3n) is 6.59. The van der Waals surface area contributed by atoms with Gasteiger partial charge in [0.05, 0.1) is 16.6 Å². The number of nitrogens with one attached hydrogen (secondary N) is 4. The molecule has 2 aromatic carbocycles. The standard InChI is InChI=1S/C27H35N7O5S/c1-17-12-18(2)24(19(3)13-17)40(38,39)33-22(26(36)37)16-31-25(35)20-6-7-23-21(14-20)15-32-34(23)11-5-10-30-27-28-8-4-9-29-27/h6-8,12-15,22,27,29-30,33H,4-5,9-11,16H2,1-3H3,(H,31,35)(H,36,37). The molecule has 1 aromatic heterocycles. The Morgan fingerprint density at radius 2 is 1.93 bits per heavy atom. The van der Waals surface area contributed by atoms with Crippen LogP contribution in [0.4, 0.5) is 0 Å². The van der Waals surface area contributed by atoms with Gasteiger partial charge in [0, 0.05) is 43.3 Å². The van der Waals surface area contributed by atoms with Crippen LogP contribution < -0.4 is 20.7 Å². The van der Waals surface area contributed by atoms with E-state index in [4.69, 9.17) is 0 Å². The number of sulfonamides is 1. The lowest BCUT2D eigenvalue weighted by molar-refractivity contribution is -0.138. The van der Waals surface area contributed by atoms with Crippen molar-refractivity contribution in [1.29, 1.82) is 0 Å². The van der Waals surface area contributed by atoms with Gasteiger partial charge in [-0.15, -0.1) is 0 Å². The van der Waals surface area contributed by atoms with Crippen LogP contribution in [-0.2, 0) is 21.4 Å². The minimum absolute atomic E-state index is 0.0353. The molecule has 13 heteroatoms. The zero-order valence-corrected chi connectivity index (χ0v) is 23.6. The van der Waals surface area contributed by atoms with Crippen LogP contribution in [0.5, 0.6) is 0 Å². The minimum atomic E-state index is -4.15. The molecule has 0 bridgehead atoms. The van der Waals surface area contributed by atoms with Crippen LogP contribution in [0.2, 0.25) is 0 Å². The molecule has 2 atom stereocenters. The van der Waals surface area contributed by atoms with Crippen molar-refractivity contribution in [3.05, 3.63) is 58.8 Å². The van der Waals surface area contributed by atoms with Crippen LogP contribution >= 0.6 is 0 Å². The summed E-state index contributed by atoms with van der Waals surface area (Å²) in [5.41, 5.74) is 3.10. The van der Waals surface area contributed by atoms with Crippen LogP contribution in [0.15, 0.2) is 46.4 Å². The molecular weight excluding hydrogens is 534 g/mol. The second-order valence-corrected chi connectivity index (χ2v) is 11.5. The summed E-state index contributed by atoms with van der Waals surface area (Å²) in [6, 6.07) is 6.98.